The van der Waals surface area contributed by atoms with Crippen molar-refractivity contribution in [3.05, 3.63) is 63.9 Å². The van der Waals surface area contributed by atoms with Gasteiger partial charge in [-0.05, 0) is 52.7 Å². The van der Waals surface area contributed by atoms with Crippen molar-refractivity contribution in [3.63, 3.8) is 0 Å². The Hall–Kier alpha value is -1.82. The molecule has 1 unspecified atom stereocenters. The Bertz CT molecular complexity index is 678. The molecule has 0 saturated heterocycles. The average molecular weight is 355 g/mol. The molecule has 1 atom stereocenters. The summed E-state index contributed by atoms with van der Waals surface area (Å²) < 4.78 is 26.8. The van der Waals surface area contributed by atoms with Gasteiger partial charge in [-0.25, -0.2) is 13.8 Å². The molecule has 2 aromatic rings. The van der Waals surface area contributed by atoms with E-state index in [9.17, 15) is 13.6 Å². The Morgan fingerprint density at radius 2 is 2.00 bits per heavy atom. The summed E-state index contributed by atoms with van der Waals surface area (Å²) in [5.74, 6) is -2.15. The van der Waals surface area contributed by atoms with E-state index >= 15 is 0 Å². The van der Waals surface area contributed by atoms with Crippen LogP contribution < -0.4 is 0 Å². The SMILES string of the molecule is CC(c1ccc(F)c(F)c1)N(C)C(=O)c1ncccc1Br. The van der Waals surface area contributed by atoms with Crippen LogP contribution in [0.15, 0.2) is 41.0 Å². The minimum Gasteiger partial charge on any atom is -0.334 e. The Kier molecular flexibility index (Phi) is 4.67. The molecule has 2 rings (SSSR count). The lowest BCUT2D eigenvalue weighted by Gasteiger charge is -2.25. The van der Waals surface area contributed by atoms with Crippen molar-refractivity contribution < 1.29 is 13.6 Å². The van der Waals surface area contributed by atoms with Gasteiger partial charge in [0.15, 0.2) is 11.6 Å². The number of nitrogens with zero attached hydrogens (tertiary/aromatic N) is 2. The highest BCUT2D eigenvalue weighted by Gasteiger charge is 2.22. The molecule has 110 valence electrons. The third-order valence-electron chi connectivity index (χ3n) is 3.29. The van der Waals surface area contributed by atoms with Gasteiger partial charge < -0.3 is 4.90 Å². The molecule has 6 heteroatoms. The number of aromatic nitrogens is 1. The van der Waals surface area contributed by atoms with Crippen molar-refractivity contribution in [2.24, 2.45) is 0 Å². The second-order valence-electron chi connectivity index (χ2n) is 4.60. The smallest absolute Gasteiger partial charge is 0.273 e. The lowest BCUT2D eigenvalue weighted by atomic mass is 10.1. The van der Waals surface area contributed by atoms with Crippen LogP contribution in [0.5, 0.6) is 0 Å². The van der Waals surface area contributed by atoms with Crippen LogP contribution >= 0.6 is 15.9 Å². The average Bonchev–Trinajstić information content (AvgIpc) is 2.48. The molecular formula is C15H13BrF2N2O. The zero-order valence-corrected chi connectivity index (χ0v) is 13.1. The predicted molar refractivity (Wildman–Crippen MR) is 78.8 cm³/mol. The molecule has 0 radical (unpaired) electrons. The summed E-state index contributed by atoms with van der Waals surface area (Å²) in [4.78, 5) is 17.9. The fourth-order valence-electron chi connectivity index (χ4n) is 1.88. The number of hydrogen-bond donors (Lipinski definition) is 0. The van der Waals surface area contributed by atoms with Gasteiger partial charge in [-0.1, -0.05) is 6.07 Å². The van der Waals surface area contributed by atoms with E-state index in [-0.39, 0.29) is 11.6 Å². The molecule has 0 aliphatic heterocycles. The van der Waals surface area contributed by atoms with Gasteiger partial charge in [0, 0.05) is 17.7 Å². The number of benzene rings is 1. The van der Waals surface area contributed by atoms with Crippen molar-refractivity contribution >= 4 is 21.8 Å². The van der Waals surface area contributed by atoms with E-state index in [2.05, 4.69) is 20.9 Å². The Morgan fingerprint density at radius 3 is 2.62 bits per heavy atom. The Morgan fingerprint density at radius 1 is 1.29 bits per heavy atom. The van der Waals surface area contributed by atoms with Gasteiger partial charge in [-0.15, -0.1) is 0 Å². The van der Waals surface area contributed by atoms with Crippen molar-refractivity contribution in [2.75, 3.05) is 7.05 Å². The van der Waals surface area contributed by atoms with Gasteiger partial charge in [0.25, 0.3) is 5.91 Å². The minimum atomic E-state index is -0.931. The van der Waals surface area contributed by atoms with Crippen LogP contribution in [-0.4, -0.2) is 22.8 Å². The lowest BCUT2D eigenvalue weighted by Crippen LogP contribution is -2.30. The van der Waals surface area contributed by atoms with Crippen molar-refractivity contribution in [3.8, 4) is 0 Å². The highest BCUT2D eigenvalue weighted by atomic mass is 79.9. The predicted octanol–water partition coefficient (Wildman–Crippen LogP) is 3.96. The molecule has 0 bridgehead atoms. The van der Waals surface area contributed by atoms with E-state index < -0.39 is 17.7 Å². The van der Waals surface area contributed by atoms with Crippen LogP contribution in [-0.2, 0) is 0 Å². The maximum absolute atomic E-state index is 13.3. The first-order valence-corrected chi connectivity index (χ1v) is 7.03. The summed E-state index contributed by atoms with van der Waals surface area (Å²) in [6.07, 6.45) is 1.52. The summed E-state index contributed by atoms with van der Waals surface area (Å²) in [5, 5.41) is 0. The number of carbonyl (C=O) groups is 1. The van der Waals surface area contributed by atoms with E-state index in [1.54, 1.807) is 26.1 Å². The van der Waals surface area contributed by atoms with Gasteiger partial charge >= 0.3 is 0 Å². The fourth-order valence-corrected chi connectivity index (χ4v) is 2.31. The van der Waals surface area contributed by atoms with E-state index in [1.165, 1.54) is 17.2 Å². The van der Waals surface area contributed by atoms with Gasteiger partial charge in [-0.2, -0.15) is 0 Å². The van der Waals surface area contributed by atoms with E-state index in [4.69, 9.17) is 0 Å². The molecule has 0 aliphatic rings. The topological polar surface area (TPSA) is 33.2 Å². The summed E-state index contributed by atoms with van der Waals surface area (Å²) in [6, 6.07) is 6.62. The lowest BCUT2D eigenvalue weighted by molar-refractivity contribution is 0.0735. The van der Waals surface area contributed by atoms with Crippen molar-refractivity contribution in [1.29, 1.82) is 0 Å². The maximum atomic E-state index is 13.3. The van der Waals surface area contributed by atoms with Crippen LogP contribution in [0.4, 0.5) is 8.78 Å². The van der Waals surface area contributed by atoms with E-state index in [0.717, 1.165) is 12.1 Å². The normalized spacial score (nSPS) is 12.0. The fraction of sp³-hybridized carbons (Fsp3) is 0.200. The third kappa shape index (κ3) is 3.26. The third-order valence-corrected chi connectivity index (χ3v) is 3.93. The molecule has 0 N–H and O–H groups in total. The van der Waals surface area contributed by atoms with Gasteiger partial charge in [-0.3, -0.25) is 4.79 Å². The van der Waals surface area contributed by atoms with Crippen LogP contribution in [0.25, 0.3) is 0 Å². The Balaban J connectivity index is 2.26. The summed E-state index contributed by atoms with van der Waals surface area (Å²) in [7, 11) is 1.59. The van der Waals surface area contributed by atoms with E-state index in [1.807, 2.05) is 0 Å². The highest BCUT2D eigenvalue weighted by Crippen LogP contribution is 2.24. The van der Waals surface area contributed by atoms with Gasteiger partial charge in [0.2, 0.25) is 0 Å². The number of amides is 1. The van der Waals surface area contributed by atoms with Crippen molar-refractivity contribution in [1.82, 2.24) is 9.88 Å². The molecule has 3 nitrogen and oxygen atoms in total. The number of hydrogen-bond acceptors (Lipinski definition) is 2. The summed E-state index contributed by atoms with van der Waals surface area (Å²) >= 11 is 3.27. The number of carbonyl (C=O) groups excluding carboxylic acids is 1. The van der Waals surface area contributed by atoms with Crippen LogP contribution in [0.2, 0.25) is 0 Å². The van der Waals surface area contributed by atoms with Crippen LogP contribution in [0, 0.1) is 11.6 Å². The van der Waals surface area contributed by atoms with E-state index in [0.29, 0.717) is 10.0 Å². The number of rotatable bonds is 3. The first kappa shape index (κ1) is 15.6. The zero-order valence-electron chi connectivity index (χ0n) is 11.5. The molecule has 1 aromatic heterocycles. The monoisotopic (exact) mass is 354 g/mol. The first-order chi connectivity index (χ1) is 9.91. The Labute approximate surface area is 129 Å². The molecular weight excluding hydrogens is 342 g/mol. The van der Waals surface area contributed by atoms with Crippen LogP contribution in [0.1, 0.15) is 29.0 Å². The second-order valence-corrected chi connectivity index (χ2v) is 5.45. The minimum absolute atomic E-state index is 0.273. The standard InChI is InChI=1S/C15H13BrF2N2O/c1-9(10-5-6-12(17)13(18)8-10)20(2)15(21)14-11(16)4-3-7-19-14/h3-9H,1-2H3. The highest BCUT2D eigenvalue weighted by molar-refractivity contribution is 9.10. The summed E-state index contributed by atoms with van der Waals surface area (Å²) in [6.45, 7) is 1.74. The van der Waals surface area contributed by atoms with Crippen LogP contribution in [0.3, 0.4) is 0 Å². The number of pyridine rings is 1. The molecule has 0 spiro atoms. The maximum Gasteiger partial charge on any atom is 0.273 e. The first-order valence-electron chi connectivity index (χ1n) is 6.24. The quantitative estimate of drug-likeness (QED) is 0.835. The second kappa shape index (κ2) is 6.30. The molecule has 0 aliphatic carbocycles. The number of halogens is 3. The molecule has 0 saturated carbocycles. The summed E-state index contributed by atoms with van der Waals surface area (Å²) in [5.41, 5.74) is 0.784. The van der Waals surface area contributed by atoms with Crippen molar-refractivity contribution in [2.45, 2.75) is 13.0 Å². The zero-order chi connectivity index (χ0) is 15.6. The molecule has 21 heavy (non-hydrogen) atoms. The largest absolute Gasteiger partial charge is 0.334 e. The molecule has 1 aromatic carbocycles. The molecule has 1 amide bonds. The molecule has 0 fully saturated rings. The van der Waals surface area contributed by atoms with Gasteiger partial charge in [0.05, 0.1) is 6.04 Å². The molecule has 1 heterocycles. The van der Waals surface area contributed by atoms with Gasteiger partial charge in [0.1, 0.15) is 5.69 Å².